The van der Waals surface area contributed by atoms with Crippen molar-refractivity contribution in [2.75, 3.05) is 12.4 Å². The minimum absolute atomic E-state index is 0.494. The Morgan fingerprint density at radius 2 is 1.73 bits per heavy atom. The van der Waals surface area contributed by atoms with Crippen LogP contribution in [0, 0.1) is 26.7 Å². The summed E-state index contributed by atoms with van der Waals surface area (Å²) in [5.41, 5.74) is 3.73. The lowest BCUT2D eigenvalue weighted by atomic mass is 10.1. The van der Waals surface area contributed by atoms with Crippen molar-refractivity contribution >= 4 is 12.6 Å². The predicted molar refractivity (Wildman–Crippen MR) is 69.2 cm³/mol. The van der Waals surface area contributed by atoms with E-state index in [1.54, 1.807) is 0 Å². The van der Waals surface area contributed by atoms with Crippen molar-refractivity contribution in [3.05, 3.63) is 28.8 Å². The molecule has 1 atom stereocenters. The molecule has 0 aliphatic carbocycles. The van der Waals surface area contributed by atoms with Crippen LogP contribution in [0.15, 0.2) is 12.1 Å². The highest BCUT2D eigenvalue weighted by atomic mass is 32.1. The quantitative estimate of drug-likeness (QED) is 0.769. The minimum Gasteiger partial charge on any atom is -0.493 e. The number of hydrogen-bond acceptors (Lipinski definition) is 2. The highest BCUT2D eigenvalue weighted by Crippen LogP contribution is 2.24. The monoisotopic (exact) mass is 224 g/mol. The first-order valence-electron chi connectivity index (χ1n) is 5.36. The lowest BCUT2D eigenvalue weighted by molar-refractivity contribution is 0.270. The Morgan fingerprint density at radius 3 is 2.20 bits per heavy atom. The standard InChI is InChI=1S/C13H20OS/c1-9-5-11(3)13(12(4)6-9)14-7-10(2)8-15/h5-6,10,15H,7-8H2,1-4H3. The molecule has 0 bridgehead atoms. The predicted octanol–water partition coefficient (Wildman–Crippen LogP) is 3.56. The van der Waals surface area contributed by atoms with Crippen LogP contribution in [0.5, 0.6) is 5.75 Å². The Hall–Kier alpha value is -0.630. The van der Waals surface area contributed by atoms with Crippen LogP contribution in [-0.2, 0) is 0 Å². The summed E-state index contributed by atoms with van der Waals surface area (Å²) in [7, 11) is 0. The van der Waals surface area contributed by atoms with Crippen molar-refractivity contribution in [2.24, 2.45) is 5.92 Å². The molecule has 84 valence electrons. The maximum Gasteiger partial charge on any atom is 0.125 e. The van der Waals surface area contributed by atoms with Gasteiger partial charge >= 0.3 is 0 Å². The van der Waals surface area contributed by atoms with Gasteiger partial charge in [-0.15, -0.1) is 0 Å². The number of thiol groups is 1. The molecule has 0 fully saturated rings. The Labute approximate surface area is 98.3 Å². The number of rotatable bonds is 4. The van der Waals surface area contributed by atoms with E-state index in [0.29, 0.717) is 5.92 Å². The summed E-state index contributed by atoms with van der Waals surface area (Å²) in [6.45, 7) is 9.20. The second-order valence-electron chi connectivity index (χ2n) is 4.33. The fourth-order valence-corrected chi connectivity index (χ4v) is 1.78. The van der Waals surface area contributed by atoms with Gasteiger partial charge in [0.2, 0.25) is 0 Å². The van der Waals surface area contributed by atoms with Gasteiger partial charge in [0.1, 0.15) is 5.75 Å². The first-order chi connectivity index (χ1) is 7.04. The summed E-state index contributed by atoms with van der Waals surface area (Å²) in [4.78, 5) is 0. The summed E-state index contributed by atoms with van der Waals surface area (Å²) in [6, 6.07) is 4.32. The molecule has 0 N–H and O–H groups in total. The second-order valence-corrected chi connectivity index (χ2v) is 4.69. The highest BCUT2D eigenvalue weighted by molar-refractivity contribution is 7.80. The van der Waals surface area contributed by atoms with Gasteiger partial charge in [0.25, 0.3) is 0 Å². The van der Waals surface area contributed by atoms with Crippen molar-refractivity contribution in [2.45, 2.75) is 27.7 Å². The number of hydrogen-bond donors (Lipinski definition) is 1. The largest absolute Gasteiger partial charge is 0.493 e. The van der Waals surface area contributed by atoms with E-state index in [0.717, 1.165) is 18.1 Å². The molecular weight excluding hydrogens is 204 g/mol. The summed E-state index contributed by atoms with van der Waals surface area (Å²) >= 11 is 4.25. The van der Waals surface area contributed by atoms with Gasteiger partial charge < -0.3 is 4.74 Å². The van der Waals surface area contributed by atoms with E-state index in [1.807, 2.05) is 0 Å². The van der Waals surface area contributed by atoms with Crippen LogP contribution in [0.25, 0.3) is 0 Å². The minimum atomic E-state index is 0.494. The maximum absolute atomic E-state index is 5.83. The Kier molecular flexibility index (Phi) is 4.52. The van der Waals surface area contributed by atoms with Crippen LogP contribution < -0.4 is 4.74 Å². The van der Waals surface area contributed by atoms with Crippen molar-refractivity contribution in [1.82, 2.24) is 0 Å². The zero-order valence-corrected chi connectivity index (χ0v) is 10.9. The number of benzene rings is 1. The Balaban J connectivity index is 2.77. The smallest absolute Gasteiger partial charge is 0.125 e. The lowest BCUT2D eigenvalue weighted by Crippen LogP contribution is -2.11. The molecule has 1 aromatic rings. The number of aryl methyl sites for hydroxylation is 3. The molecule has 1 unspecified atom stereocenters. The molecule has 1 nitrogen and oxygen atoms in total. The fraction of sp³-hybridized carbons (Fsp3) is 0.538. The first kappa shape index (κ1) is 12.4. The SMILES string of the molecule is Cc1cc(C)c(OCC(C)CS)c(C)c1. The van der Waals surface area contributed by atoms with E-state index in [4.69, 9.17) is 4.74 Å². The van der Waals surface area contributed by atoms with Crippen molar-refractivity contribution in [3.8, 4) is 5.75 Å². The molecule has 0 radical (unpaired) electrons. The molecule has 2 heteroatoms. The zero-order chi connectivity index (χ0) is 11.4. The van der Waals surface area contributed by atoms with Gasteiger partial charge in [-0.2, -0.15) is 12.6 Å². The van der Waals surface area contributed by atoms with E-state index in [2.05, 4.69) is 52.5 Å². The van der Waals surface area contributed by atoms with E-state index < -0.39 is 0 Å². The lowest BCUT2D eigenvalue weighted by Gasteiger charge is -2.15. The highest BCUT2D eigenvalue weighted by Gasteiger charge is 2.06. The van der Waals surface area contributed by atoms with Crippen LogP contribution in [0.2, 0.25) is 0 Å². The van der Waals surface area contributed by atoms with Crippen LogP contribution in [-0.4, -0.2) is 12.4 Å². The molecule has 0 aliphatic heterocycles. The van der Waals surface area contributed by atoms with Crippen molar-refractivity contribution in [1.29, 1.82) is 0 Å². The van der Waals surface area contributed by atoms with Gasteiger partial charge in [-0.3, -0.25) is 0 Å². The summed E-state index contributed by atoms with van der Waals surface area (Å²) in [5, 5.41) is 0. The molecule has 0 saturated carbocycles. The molecule has 0 heterocycles. The Bertz CT molecular complexity index is 310. The second kappa shape index (κ2) is 5.45. The normalized spacial score (nSPS) is 12.6. The average Bonchev–Trinajstić information content (AvgIpc) is 2.15. The van der Waals surface area contributed by atoms with Gasteiger partial charge in [-0.25, -0.2) is 0 Å². The van der Waals surface area contributed by atoms with Crippen molar-refractivity contribution < 1.29 is 4.74 Å². The van der Waals surface area contributed by atoms with Gasteiger partial charge in [0, 0.05) is 0 Å². The van der Waals surface area contributed by atoms with Gasteiger partial charge in [-0.1, -0.05) is 24.6 Å². The third kappa shape index (κ3) is 3.45. The van der Waals surface area contributed by atoms with E-state index >= 15 is 0 Å². The topological polar surface area (TPSA) is 9.23 Å². The molecule has 15 heavy (non-hydrogen) atoms. The fourth-order valence-electron chi connectivity index (χ4n) is 1.67. The molecular formula is C13H20OS. The third-order valence-corrected chi connectivity index (χ3v) is 3.05. The van der Waals surface area contributed by atoms with Crippen LogP contribution in [0.4, 0.5) is 0 Å². The van der Waals surface area contributed by atoms with Crippen LogP contribution in [0.3, 0.4) is 0 Å². The van der Waals surface area contributed by atoms with E-state index in [1.165, 1.54) is 16.7 Å². The molecule has 0 saturated heterocycles. The third-order valence-electron chi connectivity index (χ3n) is 2.43. The maximum atomic E-state index is 5.83. The van der Waals surface area contributed by atoms with Gasteiger partial charge in [0.05, 0.1) is 6.61 Å². The van der Waals surface area contributed by atoms with Gasteiger partial charge in [-0.05, 0) is 43.6 Å². The van der Waals surface area contributed by atoms with E-state index in [9.17, 15) is 0 Å². The first-order valence-corrected chi connectivity index (χ1v) is 5.99. The average molecular weight is 224 g/mol. The molecule has 1 rings (SSSR count). The zero-order valence-electron chi connectivity index (χ0n) is 10.0. The summed E-state index contributed by atoms with van der Waals surface area (Å²) in [5.74, 6) is 2.40. The van der Waals surface area contributed by atoms with Crippen LogP contribution >= 0.6 is 12.6 Å². The van der Waals surface area contributed by atoms with Gasteiger partial charge in [0.15, 0.2) is 0 Å². The number of ether oxygens (including phenoxy) is 1. The molecule has 0 spiro atoms. The van der Waals surface area contributed by atoms with Crippen molar-refractivity contribution in [3.63, 3.8) is 0 Å². The molecule has 1 aromatic carbocycles. The molecule has 0 aromatic heterocycles. The summed E-state index contributed by atoms with van der Waals surface area (Å²) in [6.07, 6.45) is 0. The molecule has 0 amide bonds. The van der Waals surface area contributed by atoms with Crippen LogP contribution in [0.1, 0.15) is 23.6 Å². The van der Waals surface area contributed by atoms with E-state index in [-0.39, 0.29) is 0 Å². The Morgan fingerprint density at radius 1 is 1.20 bits per heavy atom. The summed E-state index contributed by atoms with van der Waals surface area (Å²) < 4.78 is 5.83. The molecule has 0 aliphatic rings.